The molecule has 366 valence electrons. The van der Waals surface area contributed by atoms with E-state index in [1.165, 1.54) is 52.9 Å². The van der Waals surface area contributed by atoms with Gasteiger partial charge < -0.3 is 53.0 Å². The number of carbonyl (C=O) groups excluding carboxylic acids is 6. The molecule has 1 aromatic heterocycles. The molecule has 19 heteroatoms. The van der Waals surface area contributed by atoms with Crippen LogP contribution in [0.3, 0.4) is 0 Å². The maximum atomic E-state index is 14.1. The van der Waals surface area contributed by atoms with Crippen molar-refractivity contribution in [2.45, 2.75) is 96.5 Å². The molecule has 2 N–H and O–H groups in total. The first kappa shape index (κ1) is 48.3. The van der Waals surface area contributed by atoms with Crippen molar-refractivity contribution in [2.75, 3.05) is 50.3 Å². The minimum Gasteiger partial charge on any atom is -0.493 e. The lowest BCUT2D eigenvalue weighted by molar-refractivity contribution is 0.0310. The number of Topliss-reactive ketones (excluding diaryl/α,β-unsaturated/α-hetero) is 1. The molecule has 3 aromatic rings. The molecule has 4 aliphatic heterocycles. The molecule has 2 unspecified atom stereocenters. The molecule has 2 saturated heterocycles. The number of hydrogen-bond acceptors (Lipinski definition) is 14. The first-order valence-electron chi connectivity index (χ1n) is 22.7. The van der Waals surface area contributed by atoms with Gasteiger partial charge in [-0.25, -0.2) is 19.4 Å². The van der Waals surface area contributed by atoms with Crippen LogP contribution in [0.4, 0.5) is 21.0 Å². The first-order valence-corrected chi connectivity index (χ1v) is 22.7. The van der Waals surface area contributed by atoms with Crippen LogP contribution in [-0.4, -0.2) is 131 Å². The number of carbonyl (C=O) groups is 6. The summed E-state index contributed by atoms with van der Waals surface area (Å²) in [7, 11) is 4.31. The molecule has 0 saturated carbocycles. The number of unbranched alkanes of at least 4 members (excludes halogenated alkanes) is 2. The Labute approximate surface area is 399 Å². The summed E-state index contributed by atoms with van der Waals surface area (Å²) in [6.07, 6.45) is -1.33. The quantitative estimate of drug-likeness (QED) is 0.158. The molecule has 4 amide bonds. The highest BCUT2D eigenvalue weighted by atomic mass is 16.6. The van der Waals surface area contributed by atoms with Gasteiger partial charge in [0, 0.05) is 38.3 Å². The molecule has 8 rings (SSSR count). The van der Waals surface area contributed by atoms with Crippen molar-refractivity contribution in [1.29, 1.82) is 0 Å². The van der Waals surface area contributed by atoms with Gasteiger partial charge in [-0.05, 0) is 83.6 Å². The fourth-order valence-corrected chi connectivity index (χ4v) is 9.45. The van der Waals surface area contributed by atoms with Crippen LogP contribution in [0.1, 0.15) is 106 Å². The lowest BCUT2D eigenvalue weighted by Gasteiger charge is -2.33. The number of benzene rings is 2. The van der Waals surface area contributed by atoms with Gasteiger partial charge in [0.15, 0.2) is 29.7 Å². The third kappa shape index (κ3) is 9.03. The molecular weight excluding hydrogens is 895 g/mol. The number of anilines is 2. The van der Waals surface area contributed by atoms with E-state index in [9.17, 15) is 39.0 Å². The molecule has 5 heterocycles. The summed E-state index contributed by atoms with van der Waals surface area (Å²) in [6.45, 7) is 15.5. The maximum Gasteiger partial charge on any atom is 0.417 e. The molecule has 2 aromatic carbocycles. The maximum absolute atomic E-state index is 14.1. The fraction of sp³-hybridized carbons (Fsp3) is 0.440. The molecular formula is C50H57N5O14. The number of allylic oxidation sites excluding steroid dienone is 2. The van der Waals surface area contributed by atoms with Gasteiger partial charge in [0.05, 0.1) is 73.3 Å². The van der Waals surface area contributed by atoms with Crippen molar-refractivity contribution in [3.63, 3.8) is 0 Å². The summed E-state index contributed by atoms with van der Waals surface area (Å²) >= 11 is 0. The predicted molar refractivity (Wildman–Crippen MR) is 249 cm³/mol. The Hall–Kier alpha value is -7.12. The molecule has 0 bridgehead atoms. The lowest BCUT2D eigenvalue weighted by atomic mass is 10.0. The number of ether oxygens (including phenoxy) is 6. The van der Waals surface area contributed by atoms with Crippen LogP contribution >= 0.6 is 0 Å². The average molecular weight is 952 g/mol. The van der Waals surface area contributed by atoms with Gasteiger partial charge in [0.2, 0.25) is 11.6 Å². The summed E-state index contributed by atoms with van der Waals surface area (Å²) in [4.78, 5) is 86.7. The molecule has 19 nitrogen and oxygen atoms in total. The van der Waals surface area contributed by atoms with E-state index < -0.39 is 65.7 Å². The second kappa shape index (κ2) is 18.8. The van der Waals surface area contributed by atoms with Crippen molar-refractivity contribution >= 4 is 46.9 Å². The van der Waals surface area contributed by atoms with E-state index in [-0.39, 0.29) is 90.3 Å². The standard InChI is InChI=1S/C50H57N5O14/c1-26-15-35-46(60)54(48(62)68-25-29-18-32-42(51(29)7)37(56)22-41(65-9)43(32)57)33-20-38(28(3)17-30(33)44(58)52(35)23-26)66-13-11-10-12-14-67-40-21-34-31(19-39(40)64-8)45(59)53-24-27(2)16-36(53)47(61)55(34)49(63)69-50(4,5)6/h17-22,35-36,46-47,60-61H,1-2,10-16,23-25H2,3-9H3/t35-,36-,46?,47?/m0/s1. The highest BCUT2D eigenvalue weighted by Gasteiger charge is 2.48. The Bertz CT molecular complexity index is 2710. The Balaban J connectivity index is 0.947. The van der Waals surface area contributed by atoms with Crippen molar-refractivity contribution in [1.82, 2.24) is 14.4 Å². The second-order valence-corrected chi connectivity index (χ2v) is 18.8. The number of nitrogens with zero attached hydrogens (tertiary/aromatic N) is 5. The van der Waals surface area contributed by atoms with E-state index in [4.69, 9.17) is 28.4 Å². The van der Waals surface area contributed by atoms with Crippen LogP contribution in [0.5, 0.6) is 17.2 Å². The summed E-state index contributed by atoms with van der Waals surface area (Å²) in [5, 5.41) is 23.4. The minimum absolute atomic E-state index is 0.0805. The number of aliphatic hydroxyl groups is 2. The van der Waals surface area contributed by atoms with Crippen LogP contribution in [0.2, 0.25) is 0 Å². The number of methoxy groups -OCH3 is 2. The Kier molecular flexibility index (Phi) is 13.1. The summed E-state index contributed by atoms with van der Waals surface area (Å²) in [6, 6.07) is 6.08. The summed E-state index contributed by atoms with van der Waals surface area (Å²) in [5.74, 6) is -0.947. The van der Waals surface area contributed by atoms with Gasteiger partial charge in [-0.15, -0.1) is 0 Å². The third-order valence-corrected chi connectivity index (χ3v) is 12.8. The van der Waals surface area contributed by atoms with Crippen molar-refractivity contribution < 1.29 is 67.4 Å². The Morgan fingerprint density at radius 3 is 1.84 bits per heavy atom. The third-order valence-electron chi connectivity index (χ3n) is 12.8. The number of hydrogen-bond donors (Lipinski definition) is 2. The topological polar surface area (TPSA) is 216 Å². The summed E-state index contributed by atoms with van der Waals surface area (Å²) < 4.78 is 36.0. The average Bonchev–Trinajstić information content (AvgIpc) is 3.97. The van der Waals surface area contributed by atoms with Gasteiger partial charge in [-0.3, -0.25) is 19.2 Å². The van der Waals surface area contributed by atoms with E-state index in [1.807, 2.05) is 0 Å². The number of fused-ring (bicyclic) bond motifs is 5. The van der Waals surface area contributed by atoms with E-state index >= 15 is 0 Å². The van der Waals surface area contributed by atoms with E-state index in [2.05, 4.69) is 13.2 Å². The lowest BCUT2D eigenvalue weighted by Crippen LogP contribution is -2.51. The summed E-state index contributed by atoms with van der Waals surface area (Å²) in [5.41, 5.74) is 2.24. The Morgan fingerprint density at radius 2 is 1.28 bits per heavy atom. The molecule has 1 aliphatic carbocycles. The van der Waals surface area contributed by atoms with Gasteiger partial charge in [-0.1, -0.05) is 24.3 Å². The number of amides is 4. The number of aromatic nitrogens is 1. The van der Waals surface area contributed by atoms with Crippen LogP contribution in [-0.2, 0) is 27.9 Å². The Morgan fingerprint density at radius 1 is 0.725 bits per heavy atom. The second-order valence-electron chi connectivity index (χ2n) is 18.8. The van der Waals surface area contributed by atoms with Crippen LogP contribution < -0.4 is 24.0 Å². The molecule has 0 spiro atoms. The number of aryl methyl sites for hydroxylation is 1. The molecule has 4 atom stereocenters. The zero-order chi connectivity index (χ0) is 49.8. The highest BCUT2D eigenvalue weighted by Crippen LogP contribution is 2.43. The van der Waals surface area contributed by atoms with Crippen molar-refractivity contribution in [3.05, 3.63) is 100 Å². The van der Waals surface area contributed by atoms with Crippen LogP contribution in [0.25, 0.3) is 0 Å². The van der Waals surface area contributed by atoms with Crippen LogP contribution in [0, 0.1) is 6.92 Å². The normalized spacial score (nSPS) is 20.9. The van der Waals surface area contributed by atoms with Crippen molar-refractivity contribution in [2.24, 2.45) is 7.05 Å². The van der Waals surface area contributed by atoms with E-state index in [0.29, 0.717) is 48.3 Å². The fourth-order valence-electron chi connectivity index (χ4n) is 9.45. The van der Waals surface area contributed by atoms with Gasteiger partial charge in [-0.2, -0.15) is 0 Å². The van der Waals surface area contributed by atoms with Crippen LogP contribution in [0.15, 0.2) is 66.5 Å². The number of rotatable bonds is 12. The number of ketones is 2. The first-order chi connectivity index (χ1) is 32.7. The minimum atomic E-state index is -1.53. The zero-order valence-electron chi connectivity index (χ0n) is 39.8. The molecule has 5 aliphatic rings. The molecule has 0 radical (unpaired) electrons. The van der Waals surface area contributed by atoms with Gasteiger partial charge in [0.25, 0.3) is 11.8 Å². The van der Waals surface area contributed by atoms with Crippen molar-refractivity contribution in [3.8, 4) is 17.2 Å². The van der Waals surface area contributed by atoms with Gasteiger partial charge >= 0.3 is 12.2 Å². The predicted octanol–water partition coefficient (Wildman–Crippen LogP) is 5.97. The van der Waals surface area contributed by atoms with E-state index in [0.717, 1.165) is 21.4 Å². The van der Waals surface area contributed by atoms with E-state index in [1.54, 1.807) is 40.8 Å². The molecule has 69 heavy (non-hydrogen) atoms. The zero-order valence-corrected chi connectivity index (χ0v) is 39.8. The molecule has 2 fully saturated rings. The largest absolute Gasteiger partial charge is 0.493 e. The monoisotopic (exact) mass is 951 g/mol. The highest BCUT2D eigenvalue weighted by molar-refractivity contribution is 6.23. The SMILES string of the molecule is C=C1C[C@H]2C(O)N(C(=O)OCc3cc4c(n3C)C(=O)C=C(OC)C4=O)c3cc(OCCCCCOc4cc5c(cc4OC)C(=O)N4CC(=C)C[C@H]4C(O)N5C(=O)OC(C)(C)C)c(C)cc3C(=O)N2C1. The van der Waals surface area contributed by atoms with Gasteiger partial charge in [0.1, 0.15) is 23.7 Å². The smallest absolute Gasteiger partial charge is 0.417 e. The number of aliphatic hydroxyl groups excluding tert-OH is 2.